The summed E-state index contributed by atoms with van der Waals surface area (Å²) in [7, 11) is 0. The molecule has 20 heavy (non-hydrogen) atoms. The van der Waals surface area contributed by atoms with E-state index in [2.05, 4.69) is 0 Å². The fraction of sp³-hybridized carbons (Fsp3) is 0.846. The Morgan fingerprint density at radius 3 is 2.55 bits per heavy atom. The number of rotatable bonds is 1. The first-order valence-electron chi connectivity index (χ1n) is 6.61. The highest BCUT2D eigenvalue weighted by Crippen LogP contribution is 2.34. The molecule has 2 aliphatic rings. The van der Waals surface area contributed by atoms with Gasteiger partial charge in [0.2, 0.25) is 0 Å². The molecule has 0 N–H and O–H groups in total. The Kier molecular flexibility index (Phi) is 3.90. The zero-order valence-electron chi connectivity index (χ0n) is 12.1. The van der Waals surface area contributed by atoms with Crippen LogP contribution in [0.15, 0.2) is 0 Å². The van der Waals surface area contributed by atoms with Crippen molar-refractivity contribution in [2.45, 2.75) is 57.7 Å². The van der Waals surface area contributed by atoms with Crippen molar-refractivity contribution >= 4 is 12.1 Å². The molecule has 2 fully saturated rings. The van der Waals surface area contributed by atoms with E-state index in [1.807, 2.05) is 0 Å². The van der Waals surface area contributed by atoms with E-state index in [-0.39, 0.29) is 13.2 Å². The summed E-state index contributed by atoms with van der Waals surface area (Å²) < 4.78 is 29.6. The number of fused-ring (bicyclic) bond motifs is 1. The van der Waals surface area contributed by atoms with E-state index in [1.165, 1.54) is 11.8 Å². The Morgan fingerprint density at radius 2 is 2.00 bits per heavy atom. The molecule has 7 heteroatoms. The summed E-state index contributed by atoms with van der Waals surface area (Å²) in [6.45, 7) is 6.46. The number of ether oxygens (including phenoxy) is 3. The zero-order chi connectivity index (χ0) is 15.1. The number of alkyl halides is 1. The van der Waals surface area contributed by atoms with Gasteiger partial charge in [-0.15, -0.1) is 0 Å². The lowest BCUT2D eigenvalue weighted by atomic mass is 10.1. The third-order valence-corrected chi connectivity index (χ3v) is 3.20. The van der Waals surface area contributed by atoms with Gasteiger partial charge in [0.15, 0.2) is 0 Å². The van der Waals surface area contributed by atoms with Crippen LogP contribution in [0.4, 0.5) is 9.18 Å². The van der Waals surface area contributed by atoms with Crippen molar-refractivity contribution in [3.05, 3.63) is 0 Å². The highest BCUT2D eigenvalue weighted by molar-refractivity contribution is 5.70. The molecule has 2 aliphatic heterocycles. The maximum absolute atomic E-state index is 13.9. The van der Waals surface area contributed by atoms with E-state index in [9.17, 15) is 14.0 Å². The van der Waals surface area contributed by atoms with Crippen LogP contribution in [0.25, 0.3) is 0 Å². The second kappa shape index (κ2) is 5.20. The molecule has 0 aliphatic carbocycles. The van der Waals surface area contributed by atoms with Gasteiger partial charge >= 0.3 is 12.1 Å². The number of amides is 1. The van der Waals surface area contributed by atoms with Gasteiger partial charge in [0, 0.05) is 6.92 Å². The lowest BCUT2D eigenvalue weighted by Gasteiger charge is -2.29. The first-order valence-corrected chi connectivity index (χ1v) is 6.61. The highest BCUT2D eigenvalue weighted by Gasteiger charge is 2.55. The maximum atomic E-state index is 13.9. The summed E-state index contributed by atoms with van der Waals surface area (Å²) >= 11 is 0. The van der Waals surface area contributed by atoms with E-state index in [0.717, 1.165) is 0 Å². The number of likely N-dealkylation sites (tertiary alicyclic amines) is 1. The van der Waals surface area contributed by atoms with Crippen LogP contribution in [0.2, 0.25) is 0 Å². The summed E-state index contributed by atoms with van der Waals surface area (Å²) in [5.41, 5.74) is -0.669. The van der Waals surface area contributed by atoms with Crippen molar-refractivity contribution in [2.24, 2.45) is 0 Å². The molecule has 6 nitrogen and oxygen atoms in total. The van der Waals surface area contributed by atoms with Gasteiger partial charge in [-0.3, -0.25) is 9.69 Å². The molecule has 0 saturated carbocycles. The maximum Gasteiger partial charge on any atom is 0.410 e. The number of esters is 1. The van der Waals surface area contributed by atoms with Crippen LogP contribution in [0.1, 0.15) is 27.7 Å². The molecule has 0 aromatic heterocycles. The van der Waals surface area contributed by atoms with Gasteiger partial charge < -0.3 is 14.2 Å². The SMILES string of the molecule is CC(=O)O[C@H]1COC2[C@@H](F)CN(C(=O)OC(C)(C)C)[C@@H]21. The third kappa shape index (κ3) is 3.03. The predicted molar refractivity (Wildman–Crippen MR) is 66.9 cm³/mol. The Balaban J connectivity index is 2.12. The summed E-state index contributed by atoms with van der Waals surface area (Å²) in [4.78, 5) is 24.5. The van der Waals surface area contributed by atoms with E-state index < -0.39 is 42.1 Å². The molecule has 2 saturated heterocycles. The number of carbonyl (C=O) groups is 2. The number of hydrogen-bond donors (Lipinski definition) is 0. The lowest BCUT2D eigenvalue weighted by molar-refractivity contribution is -0.148. The molecule has 4 atom stereocenters. The van der Waals surface area contributed by atoms with E-state index in [0.29, 0.717) is 0 Å². The lowest BCUT2D eigenvalue weighted by Crippen LogP contribution is -2.47. The van der Waals surface area contributed by atoms with Gasteiger partial charge in [0.25, 0.3) is 0 Å². The number of halogens is 1. The number of hydrogen-bond acceptors (Lipinski definition) is 5. The van der Waals surface area contributed by atoms with Crippen LogP contribution < -0.4 is 0 Å². The largest absolute Gasteiger partial charge is 0.458 e. The Hall–Kier alpha value is -1.37. The number of carbonyl (C=O) groups excluding carboxylic acids is 2. The second-order valence-corrected chi connectivity index (χ2v) is 6.09. The third-order valence-electron chi connectivity index (χ3n) is 3.20. The summed E-state index contributed by atoms with van der Waals surface area (Å²) in [5.74, 6) is -0.481. The molecule has 1 amide bonds. The Labute approximate surface area is 117 Å². The molecule has 0 spiro atoms. The van der Waals surface area contributed by atoms with Crippen molar-refractivity contribution in [1.29, 1.82) is 0 Å². The topological polar surface area (TPSA) is 65.1 Å². The van der Waals surface area contributed by atoms with Gasteiger partial charge in [0.05, 0.1) is 13.2 Å². The quantitative estimate of drug-likeness (QED) is 0.680. The Morgan fingerprint density at radius 1 is 1.35 bits per heavy atom. The molecular formula is C13H20FNO5. The van der Waals surface area contributed by atoms with Crippen LogP contribution >= 0.6 is 0 Å². The van der Waals surface area contributed by atoms with Gasteiger partial charge in [-0.2, -0.15) is 0 Å². The average molecular weight is 289 g/mol. The molecule has 0 aromatic rings. The first kappa shape index (κ1) is 15.0. The van der Waals surface area contributed by atoms with Crippen molar-refractivity contribution in [2.75, 3.05) is 13.2 Å². The van der Waals surface area contributed by atoms with E-state index in [4.69, 9.17) is 14.2 Å². The molecule has 2 rings (SSSR count). The molecule has 1 unspecified atom stereocenters. The molecule has 0 radical (unpaired) electrons. The summed E-state index contributed by atoms with van der Waals surface area (Å²) in [5, 5.41) is 0. The minimum absolute atomic E-state index is 0.0919. The minimum Gasteiger partial charge on any atom is -0.458 e. The molecule has 2 heterocycles. The second-order valence-electron chi connectivity index (χ2n) is 6.09. The minimum atomic E-state index is -1.30. The van der Waals surface area contributed by atoms with Crippen molar-refractivity contribution < 1.29 is 28.2 Å². The average Bonchev–Trinajstić information content (AvgIpc) is 2.79. The predicted octanol–water partition coefficient (Wildman–Crippen LogP) is 1.27. The van der Waals surface area contributed by atoms with Gasteiger partial charge in [0.1, 0.15) is 30.0 Å². The van der Waals surface area contributed by atoms with Crippen LogP contribution in [0.3, 0.4) is 0 Å². The van der Waals surface area contributed by atoms with Crippen molar-refractivity contribution in [3.63, 3.8) is 0 Å². The monoisotopic (exact) mass is 289 g/mol. The van der Waals surface area contributed by atoms with Crippen LogP contribution in [0, 0.1) is 0 Å². The summed E-state index contributed by atoms with van der Waals surface area (Å²) in [6.07, 6.45) is -3.32. The van der Waals surface area contributed by atoms with Crippen LogP contribution in [-0.4, -0.2) is 60.1 Å². The van der Waals surface area contributed by atoms with E-state index in [1.54, 1.807) is 20.8 Å². The molecular weight excluding hydrogens is 269 g/mol. The fourth-order valence-corrected chi connectivity index (χ4v) is 2.56. The smallest absolute Gasteiger partial charge is 0.410 e. The van der Waals surface area contributed by atoms with Gasteiger partial charge in [-0.1, -0.05) is 0 Å². The highest BCUT2D eigenvalue weighted by atomic mass is 19.1. The molecule has 0 bridgehead atoms. The molecule has 0 aromatic carbocycles. The normalized spacial score (nSPS) is 33.0. The van der Waals surface area contributed by atoms with Crippen molar-refractivity contribution in [1.82, 2.24) is 4.90 Å². The number of nitrogens with zero attached hydrogens (tertiary/aromatic N) is 1. The summed E-state index contributed by atoms with van der Waals surface area (Å²) in [6, 6.07) is -0.622. The van der Waals surface area contributed by atoms with Gasteiger partial charge in [-0.25, -0.2) is 9.18 Å². The van der Waals surface area contributed by atoms with Crippen LogP contribution in [-0.2, 0) is 19.0 Å². The van der Waals surface area contributed by atoms with Crippen molar-refractivity contribution in [3.8, 4) is 0 Å². The zero-order valence-corrected chi connectivity index (χ0v) is 12.1. The van der Waals surface area contributed by atoms with Crippen LogP contribution in [0.5, 0.6) is 0 Å². The Bertz CT molecular complexity index is 408. The van der Waals surface area contributed by atoms with Gasteiger partial charge in [-0.05, 0) is 20.8 Å². The standard InChI is InChI=1S/C13H20FNO5/c1-7(16)19-9-6-18-11-8(14)5-15(10(9)11)12(17)20-13(2,3)4/h8-11H,5-6H2,1-4H3/t8-,9-,10+,11?/m0/s1. The van der Waals surface area contributed by atoms with E-state index >= 15 is 0 Å². The first-order chi connectivity index (χ1) is 9.19. The fourth-order valence-electron chi connectivity index (χ4n) is 2.56. The molecule has 114 valence electrons.